The molecule has 0 saturated heterocycles. The van der Waals surface area contributed by atoms with Crippen molar-refractivity contribution >= 4 is 0 Å². The number of nitrogens with zero attached hydrogens (tertiary/aromatic N) is 1. The van der Waals surface area contributed by atoms with E-state index in [9.17, 15) is 5.11 Å². The van der Waals surface area contributed by atoms with Gasteiger partial charge in [0.1, 0.15) is 5.75 Å². The quantitative estimate of drug-likeness (QED) is 0.878. The van der Waals surface area contributed by atoms with E-state index in [2.05, 4.69) is 0 Å². The van der Waals surface area contributed by atoms with Crippen molar-refractivity contribution in [3.63, 3.8) is 0 Å². The molecule has 0 spiro atoms. The Morgan fingerprint density at radius 3 is 2.65 bits per heavy atom. The number of aliphatic hydroxyl groups excluding tert-OH is 1. The molecule has 3 nitrogen and oxygen atoms in total. The molecule has 0 amide bonds. The first-order valence-electron chi connectivity index (χ1n) is 5.75. The minimum atomic E-state index is 0.0169. The van der Waals surface area contributed by atoms with E-state index in [1.807, 2.05) is 61.0 Å². The van der Waals surface area contributed by atoms with Gasteiger partial charge in [0.05, 0.1) is 18.4 Å². The van der Waals surface area contributed by atoms with Crippen LogP contribution in [0.25, 0.3) is 5.69 Å². The van der Waals surface area contributed by atoms with E-state index in [0.717, 1.165) is 17.1 Å². The summed E-state index contributed by atoms with van der Waals surface area (Å²) in [4.78, 5) is 0. The molecule has 17 heavy (non-hydrogen) atoms. The summed E-state index contributed by atoms with van der Waals surface area (Å²) in [7, 11) is 0. The Morgan fingerprint density at radius 1 is 1.18 bits per heavy atom. The van der Waals surface area contributed by atoms with Gasteiger partial charge < -0.3 is 14.4 Å². The number of hydrogen-bond acceptors (Lipinski definition) is 2. The van der Waals surface area contributed by atoms with Crippen LogP contribution in [0.5, 0.6) is 5.75 Å². The molecule has 0 aliphatic heterocycles. The molecule has 1 heterocycles. The molecule has 1 N–H and O–H groups in total. The maximum absolute atomic E-state index is 9.28. The number of hydrogen-bond donors (Lipinski definition) is 1. The number of benzene rings is 1. The SMILES string of the molecule is CC(C)Oc1ccccc1-n1cccc1CO. The Labute approximate surface area is 101 Å². The van der Waals surface area contributed by atoms with Crippen LogP contribution < -0.4 is 4.74 Å². The van der Waals surface area contributed by atoms with Crippen molar-refractivity contribution in [1.82, 2.24) is 4.57 Å². The fourth-order valence-electron chi connectivity index (χ4n) is 1.79. The highest BCUT2D eigenvalue weighted by molar-refractivity contribution is 5.48. The van der Waals surface area contributed by atoms with Crippen LogP contribution in [-0.2, 0) is 6.61 Å². The van der Waals surface area contributed by atoms with E-state index in [1.54, 1.807) is 0 Å². The van der Waals surface area contributed by atoms with Crippen LogP contribution in [0.2, 0.25) is 0 Å². The Kier molecular flexibility index (Phi) is 3.49. The highest BCUT2D eigenvalue weighted by Crippen LogP contribution is 2.25. The summed E-state index contributed by atoms with van der Waals surface area (Å²) >= 11 is 0. The van der Waals surface area contributed by atoms with E-state index in [4.69, 9.17) is 4.74 Å². The van der Waals surface area contributed by atoms with Crippen LogP contribution in [0, 0.1) is 0 Å². The van der Waals surface area contributed by atoms with E-state index < -0.39 is 0 Å². The van der Waals surface area contributed by atoms with Gasteiger partial charge in [0, 0.05) is 11.9 Å². The number of rotatable bonds is 4. The Bertz CT molecular complexity index is 488. The summed E-state index contributed by atoms with van der Waals surface area (Å²) in [6, 6.07) is 11.6. The average Bonchev–Trinajstić information content (AvgIpc) is 2.77. The maximum Gasteiger partial charge on any atom is 0.143 e. The third-order valence-corrected chi connectivity index (χ3v) is 2.48. The van der Waals surface area contributed by atoms with E-state index in [1.165, 1.54) is 0 Å². The fraction of sp³-hybridized carbons (Fsp3) is 0.286. The molecule has 0 saturated carbocycles. The molecule has 2 aromatic rings. The number of ether oxygens (including phenoxy) is 1. The molecule has 0 bridgehead atoms. The van der Waals surface area contributed by atoms with E-state index >= 15 is 0 Å². The lowest BCUT2D eigenvalue weighted by Gasteiger charge is -2.16. The smallest absolute Gasteiger partial charge is 0.143 e. The van der Waals surface area contributed by atoms with Gasteiger partial charge in [-0.1, -0.05) is 12.1 Å². The van der Waals surface area contributed by atoms with Crippen molar-refractivity contribution in [2.75, 3.05) is 0 Å². The van der Waals surface area contributed by atoms with Crippen molar-refractivity contribution in [3.8, 4) is 11.4 Å². The summed E-state index contributed by atoms with van der Waals surface area (Å²) in [5.74, 6) is 0.827. The second-order valence-corrected chi connectivity index (χ2v) is 4.16. The molecule has 90 valence electrons. The highest BCUT2D eigenvalue weighted by Gasteiger charge is 2.09. The second-order valence-electron chi connectivity index (χ2n) is 4.16. The minimum absolute atomic E-state index is 0.0169. The predicted molar refractivity (Wildman–Crippen MR) is 67.5 cm³/mol. The maximum atomic E-state index is 9.28. The third kappa shape index (κ3) is 2.50. The van der Waals surface area contributed by atoms with Gasteiger partial charge in [0.25, 0.3) is 0 Å². The lowest BCUT2D eigenvalue weighted by molar-refractivity contribution is 0.241. The summed E-state index contributed by atoms with van der Waals surface area (Å²) in [5.41, 5.74) is 1.81. The summed E-state index contributed by atoms with van der Waals surface area (Å²) in [6.45, 7) is 4.02. The number of aliphatic hydroxyl groups is 1. The van der Waals surface area contributed by atoms with Crippen molar-refractivity contribution in [2.45, 2.75) is 26.6 Å². The molecular formula is C14H17NO2. The van der Waals surface area contributed by atoms with E-state index in [-0.39, 0.29) is 12.7 Å². The van der Waals surface area contributed by atoms with E-state index in [0.29, 0.717) is 0 Å². The van der Waals surface area contributed by atoms with Gasteiger partial charge in [0.2, 0.25) is 0 Å². The molecule has 0 fully saturated rings. The normalized spacial score (nSPS) is 10.8. The van der Waals surface area contributed by atoms with Gasteiger partial charge >= 0.3 is 0 Å². The van der Waals surface area contributed by atoms with Gasteiger partial charge in [0.15, 0.2) is 0 Å². The topological polar surface area (TPSA) is 34.4 Å². The van der Waals surface area contributed by atoms with Crippen molar-refractivity contribution in [3.05, 3.63) is 48.3 Å². The zero-order valence-corrected chi connectivity index (χ0v) is 10.1. The lowest BCUT2D eigenvalue weighted by Crippen LogP contribution is -2.09. The summed E-state index contributed by atoms with van der Waals surface area (Å²) in [6.07, 6.45) is 2.05. The molecule has 0 unspecified atom stereocenters. The Balaban J connectivity index is 2.44. The molecule has 1 aromatic heterocycles. The highest BCUT2D eigenvalue weighted by atomic mass is 16.5. The molecule has 3 heteroatoms. The van der Waals surface area contributed by atoms with Gasteiger partial charge in [-0.2, -0.15) is 0 Å². The predicted octanol–water partition coefficient (Wildman–Crippen LogP) is 2.76. The lowest BCUT2D eigenvalue weighted by atomic mass is 10.2. The van der Waals surface area contributed by atoms with Crippen LogP contribution in [0.15, 0.2) is 42.6 Å². The van der Waals surface area contributed by atoms with Crippen molar-refractivity contribution in [1.29, 1.82) is 0 Å². The number of para-hydroxylation sites is 2. The standard InChI is InChI=1S/C14H17NO2/c1-11(2)17-14-8-4-3-7-13(14)15-9-5-6-12(15)10-16/h3-9,11,16H,10H2,1-2H3. The number of aromatic nitrogens is 1. The third-order valence-electron chi connectivity index (χ3n) is 2.48. The molecule has 0 radical (unpaired) electrons. The van der Waals surface area contributed by atoms with Gasteiger partial charge in [-0.25, -0.2) is 0 Å². The van der Waals surface area contributed by atoms with Crippen molar-refractivity contribution in [2.24, 2.45) is 0 Å². The van der Waals surface area contributed by atoms with Crippen LogP contribution in [-0.4, -0.2) is 15.8 Å². The zero-order chi connectivity index (χ0) is 12.3. The first-order valence-corrected chi connectivity index (χ1v) is 5.75. The molecular weight excluding hydrogens is 214 g/mol. The first-order chi connectivity index (χ1) is 8.22. The fourth-order valence-corrected chi connectivity index (χ4v) is 1.79. The molecule has 1 aromatic carbocycles. The summed E-state index contributed by atoms with van der Waals surface area (Å²) < 4.78 is 7.71. The average molecular weight is 231 g/mol. The summed E-state index contributed by atoms with van der Waals surface area (Å²) in [5, 5.41) is 9.28. The van der Waals surface area contributed by atoms with Crippen LogP contribution >= 0.6 is 0 Å². The van der Waals surface area contributed by atoms with Gasteiger partial charge in [-0.15, -0.1) is 0 Å². The van der Waals surface area contributed by atoms with Gasteiger partial charge in [-0.3, -0.25) is 0 Å². The second kappa shape index (κ2) is 5.06. The Morgan fingerprint density at radius 2 is 1.94 bits per heavy atom. The molecule has 0 atom stereocenters. The Hall–Kier alpha value is -1.74. The molecule has 0 aliphatic carbocycles. The van der Waals surface area contributed by atoms with Crippen LogP contribution in [0.4, 0.5) is 0 Å². The zero-order valence-electron chi connectivity index (χ0n) is 10.1. The van der Waals surface area contributed by atoms with Gasteiger partial charge in [-0.05, 0) is 38.1 Å². The molecule has 2 rings (SSSR count). The largest absolute Gasteiger partial charge is 0.489 e. The van der Waals surface area contributed by atoms with Crippen LogP contribution in [0.3, 0.4) is 0 Å². The molecule has 0 aliphatic rings. The minimum Gasteiger partial charge on any atom is -0.489 e. The monoisotopic (exact) mass is 231 g/mol. The first kappa shape index (κ1) is 11.7. The van der Waals surface area contributed by atoms with Crippen LogP contribution in [0.1, 0.15) is 19.5 Å². The van der Waals surface area contributed by atoms with Crippen molar-refractivity contribution < 1.29 is 9.84 Å².